The van der Waals surface area contributed by atoms with Gasteiger partial charge in [0.15, 0.2) is 0 Å². The Hall–Kier alpha value is -0.690. The van der Waals surface area contributed by atoms with Crippen molar-refractivity contribution in [2.45, 2.75) is 36.6 Å². The van der Waals surface area contributed by atoms with Gasteiger partial charge in [-0.25, -0.2) is 13.1 Å². The molecule has 7 heteroatoms. The summed E-state index contributed by atoms with van der Waals surface area (Å²) in [5, 5.41) is 0.245. The molecular weight excluding hydrogens is 304 g/mol. The molecule has 0 saturated heterocycles. The molecule has 1 saturated carbocycles. The van der Waals surface area contributed by atoms with Crippen molar-refractivity contribution in [2.24, 2.45) is 5.73 Å². The molecule has 0 amide bonds. The van der Waals surface area contributed by atoms with Crippen LogP contribution in [0.1, 0.15) is 31.7 Å². The van der Waals surface area contributed by atoms with E-state index in [1.807, 2.05) is 6.92 Å². The number of hydrogen-bond acceptors (Lipinski definition) is 3. The highest BCUT2D eigenvalue weighted by molar-refractivity contribution is 7.89. The minimum absolute atomic E-state index is 0.130. The van der Waals surface area contributed by atoms with E-state index in [1.165, 1.54) is 18.2 Å². The number of nitrogens with two attached hydrogens (primary N) is 1. The highest BCUT2D eigenvalue weighted by Gasteiger charge is 2.36. The highest BCUT2D eigenvalue weighted by atomic mass is 35.5. The van der Waals surface area contributed by atoms with E-state index < -0.39 is 10.0 Å². The van der Waals surface area contributed by atoms with Crippen molar-refractivity contribution in [2.75, 3.05) is 0 Å². The quantitative estimate of drug-likeness (QED) is 0.835. The van der Waals surface area contributed by atoms with Crippen LogP contribution in [0.4, 0.5) is 0 Å². The molecule has 0 heterocycles. The third-order valence-corrected chi connectivity index (χ3v) is 5.52. The molecule has 1 aromatic rings. The zero-order valence-electron chi connectivity index (χ0n) is 10.4. The van der Waals surface area contributed by atoms with Crippen molar-refractivity contribution in [3.63, 3.8) is 0 Å². The van der Waals surface area contributed by atoms with Crippen molar-refractivity contribution in [3.05, 3.63) is 28.8 Å². The summed E-state index contributed by atoms with van der Waals surface area (Å²) in [6.45, 7) is 1.90. The summed E-state index contributed by atoms with van der Waals surface area (Å²) in [5.41, 5.74) is 5.63. The van der Waals surface area contributed by atoms with Crippen LogP contribution in [0, 0.1) is 0 Å². The Balaban J connectivity index is 2.31. The Morgan fingerprint density at radius 2 is 2.11 bits per heavy atom. The largest absolute Gasteiger partial charge is 0.389 e. The molecule has 0 spiro atoms. The molecule has 0 unspecified atom stereocenters. The van der Waals surface area contributed by atoms with E-state index in [4.69, 9.17) is 29.6 Å². The predicted octanol–water partition coefficient (Wildman–Crippen LogP) is 2.20. The van der Waals surface area contributed by atoms with Crippen molar-refractivity contribution in [3.8, 4) is 0 Å². The number of halogens is 1. The topological polar surface area (TPSA) is 72.2 Å². The molecule has 0 atom stereocenters. The minimum Gasteiger partial charge on any atom is -0.389 e. The van der Waals surface area contributed by atoms with Crippen LogP contribution >= 0.6 is 23.8 Å². The van der Waals surface area contributed by atoms with Crippen molar-refractivity contribution in [1.82, 2.24) is 4.72 Å². The van der Waals surface area contributed by atoms with Crippen molar-refractivity contribution in [1.29, 1.82) is 0 Å². The number of nitrogens with one attached hydrogen (secondary N) is 1. The molecule has 104 valence electrons. The lowest BCUT2D eigenvalue weighted by molar-refractivity contribution is 0.248. The fraction of sp³-hybridized carbons (Fsp3) is 0.417. The van der Waals surface area contributed by atoms with E-state index in [0.717, 1.165) is 19.3 Å². The molecule has 0 aromatic heterocycles. The van der Waals surface area contributed by atoms with Gasteiger partial charge >= 0.3 is 0 Å². The van der Waals surface area contributed by atoms with Crippen molar-refractivity contribution < 1.29 is 8.42 Å². The van der Waals surface area contributed by atoms with Crippen LogP contribution in [-0.4, -0.2) is 18.9 Å². The lowest BCUT2D eigenvalue weighted by Crippen LogP contribution is -2.50. The summed E-state index contributed by atoms with van der Waals surface area (Å²) in [5.74, 6) is 0. The summed E-state index contributed by atoms with van der Waals surface area (Å²) < 4.78 is 27.2. The van der Waals surface area contributed by atoms with Crippen LogP contribution in [0.2, 0.25) is 5.02 Å². The van der Waals surface area contributed by atoms with Crippen LogP contribution in [0.3, 0.4) is 0 Å². The molecule has 0 aliphatic heterocycles. The highest BCUT2D eigenvalue weighted by Crippen LogP contribution is 2.33. The zero-order valence-corrected chi connectivity index (χ0v) is 12.8. The molecule has 1 aromatic carbocycles. The van der Waals surface area contributed by atoms with E-state index in [1.54, 1.807) is 0 Å². The van der Waals surface area contributed by atoms with Gasteiger partial charge in [-0.1, -0.05) is 23.8 Å². The van der Waals surface area contributed by atoms with Gasteiger partial charge in [0.2, 0.25) is 10.0 Å². The Kier molecular flexibility index (Phi) is 3.88. The minimum atomic E-state index is -3.56. The average molecular weight is 319 g/mol. The maximum atomic E-state index is 12.2. The first-order valence-corrected chi connectivity index (χ1v) is 8.14. The van der Waals surface area contributed by atoms with Crippen molar-refractivity contribution >= 4 is 38.8 Å². The van der Waals surface area contributed by atoms with Gasteiger partial charge in [-0.05, 0) is 44.4 Å². The maximum Gasteiger partial charge on any atom is 0.241 e. The molecule has 3 N–H and O–H groups in total. The van der Waals surface area contributed by atoms with Gasteiger partial charge in [0.05, 0.1) is 9.92 Å². The molecule has 4 nitrogen and oxygen atoms in total. The SMILES string of the molecule is CC1(NS(=O)(=O)c2ccc(C(N)=S)c(Cl)c2)CCC1. The summed E-state index contributed by atoms with van der Waals surface area (Å²) in [6, 6.07) is 4.37. The standard InChI is InChI=1S/C12H15ClN2O2S2/c1-12(5-2-6-12)15-19(16,17)8-3-4-9(11(14)18)10(13)7-8/h3-4,7,15H,2,5-6H2,1H3,(H2,14,18). The maximum absolute atomic E-state index is 12.2. The summed E-state index contributed by atoms with van der Waals surface area (Å²) in [4.78, 5) is 0.276. The van der Waals surface area contributed by atoms with Gasteiger partial charge in [0, 0.05) is 11.1 Å². The van der Waals surface area contributed by atoms with Gasteiger partial charge in [0.1, 0.15) is 4.99 Å². The van der Waals surface area contributed by atoms with Crippen LogP contribution in [-0.2, 0) is 10.0 Å². The van der Waals surface area contributed by atoms with E-state index in [0.29, 0.717) is 5.56 Å². The third-order valence-electron chi connectivity index (χ3n) is 3.35. The average Bonchev–Trinajstić information content (AvgIpc) is 2.25. The second-order valence-electron chi connectivity index (χ2n) is 5.03. The Morgan fingerprint density at radius 1 is 1.47 bits per heavy atom. The lowest BCUT2D eigenvalue weighted by atomic mass is 9.80. The fourth-order valence-electron chi connectivity index (χ4n) is 2.06. The number of sulfonamides is 1. The van der Waals surface area contributed by atoms with Crippen LogP contribution < -0.4 is 10.5 Å². The van der Waals surface area contributed by atoms with Crippen LogP contribution in [0.15, 0.2) is 23.1 Å². The summed E-state index contributed by atoms with van der Waals surface area (Å²) >= 11 is 10.8. The monoisotopic (exact) mass is 318 g/mol. The summed E-state index contributed by atoms with van der Waals surface area (Å²) in [6.07, 6.45) is 2.75. The van der Waals surface area contributed by atoms with Gasteiger partial charge in [-0.15, -0.1) is 0 Å². The molecule has 1 aliphatic carbocycles. The molecule has 19 heavy (non-hydrogen) atoms. The van der Waals surface area contributed by atoms with Gasteiger partial charge in [0.25, 0.3) is 0 Å². The first kappa shape index (κ1) is 14.7. The lowest BCUT2D eigenvalue weighted by Gasteiger charge is -2.38. The Morgan fingerprint density at radius 3 is 2.53 bits per heavy atom. The van der Waals surface area contributed by atoms with E-state index in [2.05, 4.69) is 4.72 Å². The van der Waals surface area contributed by atoms with E-state index in [-0.39, 0.29) is 20.4 Å². The molecule has 0 radical (unpaired) electrons. The number of thiocarbonyl (C=S) groups is 1. The third kappa shape index (κ3) is 3.08. The normalized spacial score (nSPS) is 17.8. The Labute approximate surface area is 123 Å². The fourth-order valence-corrected chi connectivity index (χ4v) is 4.13. The van der Waals surface area contributed by atoms with E-state index in [9.17, 15) is 8.42 Å². The zero-order chi connectivity index (χ0) is 14.3. The summed E-state index contributed by atoms with van der Waals surface area (Å²) in [7, 11) is -3.56. The van der Waals surface area contributed by atoms with Gasteiger partial charge in [-0.3, -0.25) is 0 Å². The molecule has 0 bridgehead atoms. The van der Waals surface area contributed by atoms with Gasteiger partial charge < -0.3 is 5.73 Å². The molecule has 1 fully saturated rings. The molecule has 2 rings (SSSR count). The first-order chi connectivity index (χ1) is 8.73. The van der Waals surface area contributed by atoms with E-state index >= 15 is 0 Å². The molecule has 1 aliphatic rings. The van der Waals surface area contributed by atoms with Crippen LogP contribution in [0.5, 0.6) is 0 Å². The number of rotatable bonds is 4. The second kappa shape index (κ2) is 5.01. The smallest absolute Gasteiger partial charge is 0.241 e. The molecular formula is C12H15ClN2O2S2. The van der Waals surface area contributed by atoms with Gasteiger partial charge in [-0.2, -0.15) is 0 Å². The Bertz CT molecular complexity index is 625. The van der Waals surface area contributed by atoms with Crippen LogP contribution in [0.25, 0.3) is 0 Å². The number of benzene rings is 1. The first-order valence-electron chi connectivity index (χ1n) is 5.87. The second-order valence-corrected chi connectivity index (χ2v) is 7.56. The predicted molar refractivity (Wildman–Crippen MR) is 79.9 cm³/mol. The number of hydrogen-bond donors (Lipinski definition) is 2.